The summed E-state index contributed by atoms with van der Waals surface area (Å²) in [5, 5.41) is 0. The van der Waals surface area contributed by atoms with E-state index in [-0.39, 0.29) is 17.7 Å². The minimum absolute atomic E-state index is 0.117. The molecule has 1 heterocycles. The Balaban J connectivity index is 2.11. The smallest absolute Gasteiger partial charge is 0.309 e. The van der Waals surface area contributed by atoms with E-state index in [0.29, 0.717) is 19.3 Å². The summed E-state index contributed by atoms with van der Waals surface area (Å²) in [4.78, 5) is 24.0. The second-order valence-corrected chi connectivity index (χ2v) is 5.55. The molecule has 3 heteroatoms. The summed E-state index contributed by atoms with van der Waals surface area (Å²) in [5.74, 6) is -0.213. The van der Waals surface area contributed by atoms with Gasteiger partial charge in [-0.2, -0.15) is 0 Å². The lowest BCUT2D eigenvalue weighted by Crippen LogP contribution is -2.38. The summed E-state index contributed by atoms with van der Waals surface area (Å²) < 4.78 is 5.47. The summed E-state index contributed by atoms with van der Waals surface area (Å²) in [5.41, 5.74) is -0.797. The van der Waals surface area contributed by atoms with Gasteiger partial charge in [-0.3, -0.25) is 9.59 Å². The molecule has 18 heavy (non-hydrogen) atoms. The topological polar surface area (TPSA) is 43.4 Å². The molecule has 0 radical (unpaired) electrons. The molecule has 0 N–H and O–H groups in total. The summed E-state index contributed by atoms with van der Waals surface area (Å²) in [6, 6.07) is 0. The maximum atomic E-state index is 12.3. The molecule has 2 atom stereocenters. The Morgan fingerprint density at radius 3 is 2.67 bits per heavy atom. The highest BCUT2D eigenvalue weighted by molar-refractivity contribution is 5.92. The van der Waals surface area contributed by atoms with Crippen LogP contribution in [0.2, 0.25) is 0 Å². The molecule has 0 aromatic heterocycles. The van der Waals surface area contributed by atoms with Crippen molar-refractivity contribution < 1.29 is 14.3 Å². The van der Waals surface area contributed by atoms with Crippen LogP contribution < -0.4 is 0 Å². The molecule has 2 aliphatic rings. The highest BCUT2D eigenvalue weighted by atomic mass is 16.6. The number of carbonyl (C=O) groups excluding carboxylic acids is 2. The van der Waals surface area contributed by atoms with E-state index in [1.165, 1.54) is 0 Å². The number of carbonyl (C=O) groups is 2. The molecular formula is C15H22O3. The zero-order valence-electron chi connectivity index (χ0n) is 11.1. The average Bonchev–Trinajstić information content (AvgIpc) is 2.61. The lowest BCUT2D eigenvalue weighted by atomic mass is 9.84. The first-order chi connectivity index (χ1) is 8.64. The van der Waals surface area contributed by atoms with Gasteiger partial charge in [-0.05, 0) is 32.1 Å². The van der Waals surface area contributed by atoms with Gasteiger partial charge in [0.1, 0.15) is 0 Å². The fourth-order valence-electron chi connectivity index (χ4n) is 2.90. The third-order valence-corrected chi connectivity index (χ3v) is 4.00. The lowest BCUT2D eigenvalue weighted by molar-refractivity contribution is -0.159. The van der Waals surface area contributed by atoms with Crippen LogP contribution in [0.1, 0.15) is 58.3 Å². The van der Waals surface area contributed by atoms with Crippen LogP contribution >= 0.6 is 0 Å². The monoisotopic (exact) mass is 250 g/mol. The first kappa shape index (κ1) is 13.3. The van der Waals surface area contributed by atoms with E-state index in [9.17, 15) is 9.59 Å². The summed E-state index contributed by atoms with van der Waals surface area (Å²) >= 11 is 0. The molecule has 1 saturated heterocycles. The fraction of sp³-hybridized carbons (Fsp3) is 0.733. The van der Waals surface area contributed by atoms with Gasteiger partial charge in [-0.1, -0.05) is 25.5 Å². The molecule has 0 aromatic carbocycles. The second kappa shape index (κ2) is 5.68. The Labute approximate surface area is 109 Å². The largest absolute Gasteiger partial charge is 0.451 e. The third kappa shape index (κ3) is 2.82. The van der Waals surface area contributed by atoms with Crippen LogP contribution in [-0.2, 0) is 14.3 Å². The summed E-state index contributed by atoms with van der Waals surface area (Å²) in [6.45, 7) is 1.86. The Morgan fingerprint density at radius 1 is 1.17 bits per heavy atom. The molecule has 0 unspecified atom stereocenters. The molecule has 0 bridgehead atoms. The number of Topliss-reactive ketones (excluding diaryl/α,β-unsaturated/α-hetero) is 1. The summed E-state index contributed by atoms with van der Waals surface area (Å²) in [6.07, 6.45) is 11.1. The highest BCUT2D eigenvalue weighted by Gasteiger charge is 2.49. The van der Waals surface area contributed by atoms with Gasteiger partial charge in [0, 0.05) is 12.8 Å². The molecule has 2 rings (SSSR count). The average molecular weight is 250 g/mol. The lowest BCUT2D eigenvalue weighted by Gasteiger charge is -2.26. The molecule has 1 fully saturated rings. The van der Waals surface area contributed by atoms with Crippen molar-refractivity contribution in [3.63, 3.8) is 0 Å². The second-order valence-electron chi connectivity index (χ2n) is 5.55. The fourth-order valence-corrected chi connectivity index (χ4v) is 2.90. The Morgan fingerprint density at radius 2 is 1.94 bits per heavy atom. The standard InChI is InChI=1S/C15H22O3/c1-12-11-15(18-14(12)17)10-8-6-4-2-3-5-7-9-13(15)16/h3,5,12H,2,4,6-11H2,1H3/b5-3-/t12-,15-/m1/s1. The van der Waals surface area contributed by atoms with Crippen molar-refractivity contribution in [2.45, 2.75) is 63.9 Å². The number of ketones is 1. The predicted octanol–water partition coefficient (Wildman–Crippen LogP) is 3.18. The van der Waals surface area contributed by atoms with E-state index in [1.807, 2.05) is 6.92 Å². The van der Waals surface area contributed by atoms with Gasteiger partial charge in [-0.25, -0.2) is 0 Å². The molecule has 1 aliphatic carbocycles. The van der Waals surface area contributed by atoms with Crippen molar-refractivity contribution in [1.29, 1.82) is 0 Å². The van der Waals surface area contributed by atoms with Crippen molar-refractivity contribution >= 4 is 11.8 Å². The third-order valence-electron chi connectivity index (χ3n) is 4.00. The van der Waals surface area contributed by atoms with Gasteiger partial charge >= 0.3 is 5.97 Å². The van der Waals surface area contributed by atoms with Gasteiger partial charge in [0.15, 0.2) is 11.4 Å². The van der Waals surface area contributed by atoms with E-state index < -0.39 is 5.60 Å². The van der Waals surface area contributed by atoms with E-state index in [2.05, 4.69) is 12.2 Å². The van der Waals surface area contributed by atoms with Gasteiger partial charge in [0.05, 0.1) is 5.92 Å². The maximum absolute atomic E-state index is 12.3. The van der Waals surface area contributed by atoms with Gasteiger partial charge in [0.25, 0.3) is 0 Å². The molecule has 0 aromatic rings. The van der Waals surface area contributed by atoms with Crippen LogP contribution in [0.4, 0.5) is 0 Å². The van der Waals surface area contributed by atoms with Crippen LogP contribution in [0.25, 0.3) is 0 Å². The van der Waals surface area contributed by atoms with Gasteiger partial charge < -0.3 is 4.74 Å². The van der Waals surface area contributed by atoms with Crippen LogP contribution in [0.15, 0.2) is 12.2 Å². The molecule has 1 spiro atoms. The van der Waals surface area contributed by atoms with Crippen LogP contribution in [0.3, 0.4) is 0 Å². The van der Waals surface area contributed by atoms with E-state index in [0.717, 1.165) is 32.1 Å². The molecule has 0 saturated carbocycles. The number of esters is 1. The van der Waals surface area contributed by atoms with Crippen molar-refractivity contribution in [2.24, 2.45) is 5.92 Å². The number of rotatable bonds is 0. The zero-order valence-corrected chi connectivity index (χ0v) is 11.1. The van der Waals surface area contributed by atoms with E-state index in [4.69, 9.17) is 4.74 Å². The SMILES string of the molecule is C[C@@H]1C[C@@]2(CCCCC/C=C\CCC2=O)OC1=O. The molecule has 1 aliphatic heterocycles. The minimum Gasteiger partial charge on any atom is -0.451 e. The molecular weight excluding hydrogens is 228 g/mol. The summed E-state index contributed by atoms with van der Waals surface area (Å²) in [7, 11) is 0. The van der Waals surface area contributed by atoms with Crippen molar-refractivity contribution in [1.82, 2.24) is 0 Å². The van der Waals surface area contributed by atoms with Crippen LogP contribution in [0.5, 0.6) is 0 Å². The molecule has 100 valence electrons. The van der Waals surface area contributed by atoms with E-state index in [1.54, 1.807) is 0 Å². The first-order valence-corrected chi connectivity index (χ1v) is 7.05. The van der Waals surface area contributed by atoms with E-state index >= 15 is 0 Å². The quantitative estimate of drug-likeness (QED) is 0.490. The Bertz CT molecular complexity index is 359. The van der Waals surface area contributed by atoms with Gasteiger partial charge in [0.2, 0.25) is 0 Å². The Hall–Kier alpha value is -1.12. The highest BCUT2D eigenvalue weighted by Crippen LogP contribution is 2.37. The van der Waals surface area contributed by atoms with Gasteiger partial charge in [-0.15, -0.1) is 0 Å². The molecule has 0 amide bonds. The van der Waals surface area contributed by atoms with Crippen LogP contribution in [-0.4, -0.2) is 17.4 Å². The van der Waals surface area contributed by atoms with Crippen molar-refractivity contribution in [3.05, 3.63) is 12.2 Å². The minimum atomic E-state index is -0.797. The maximum Gasteiger partial charge on any atom is 0.309 e. The first-order valence-electron chi connectivity index (χ1n) is 7.05. The molecule has 3 nitrogen and oxygen atoms in total. The number of hydrogen-bond acceptors (Lipinski definition) is 3. The van der Waals surface area contributed by atoms with Crippen LogP contribution in [0, 0.1) is 5.92 Å². The number of ether oxygens (including phenoxy) is 1. The number of hydrogen-bond donors (Lipinski definition) is 0. The number of allylic oxidation sites excluding steroid dienone is 2. The van der Waals surface area contributed by atoms with Crippen molar-refractivity contribution in [2.75, 3.05) is 0 Å². The Kier molecular flexibility index (Phi) is 4.20. The predicted molar refractivity (Wildman–Crippen MR) is 69.1 cm³/mol. The normalized spacial score (nSPS) is 36.2. The van der Waals surface area contributed by atoms with Crippen molar-refractivity contribution in [3.8, 4) is 0 Å². The zero-order chi connectivity index (χ0) is 13.0.